The Bertz CT molecular complexity index is 498. The molecule has 0 fully saturated rings. The van der Waals surface area contributed by atoms with Crippen LogP contribution in [-0.2, 0) is 0 Å². The first-order chi connectivity index (χ1) is 8.24. The number of imidazole rings is 1. The number of aliphatic hydroxyl groups is 2. The van der Waals surface area contributed by atoms with Gasteiger partial charge in [-0.1, -0.05) is 0 Å². The Morgan fingerprint density at radius 3 is 3.06 bits per heavy atom. The van der Waals surface area contributed by atoms with E-state index < -0.39 is 6.10 Å². The molecule has 0 aliphatic carbocycles. The van der Waals surface area contributed by atoms with Gasteiger partial charge in [0, 0.05) is 26.0 Å². The fraction of sp³-hybridized carbons (Fsp3) is 0.400. The number of anilines is 2. The molecule has 0 radical (unpaired) electrons. The summed E-state index contributed by atoms with van der Waals surface area (Å²) in [6, 6.07) is 0. The molecule has 2 aromatic heterocycles. The van der Waals surface area contributed by atoms with E-state index in [9.17, 15) is 5.11 Å². The summed E-state index contributed by atoms with van der Waals surface area (Å²) >= 11 is 0. The quantitative estimate of drug-likeness (QED) is 0.562. The number of aliphatic hydroxyl groups excluding tert-OH is 2. The smallest absolute Gasteiger partial charge is 0.180 e. The average Bonchev–Trinajstić information content (AvgIpc) is 2.83. The maximum Gasteiger partial charge on any atom is 0.180 e. The van der Waals surface area contributed by atoms with E-state index in [-0.39, 0.29) is 13.2 Å². The Hall–Kier alpha value is -1.86. The van der Waals surface area contributed by atoms with Gasteiger partial charge in [0.05, 0.1) is 18.9 Å². The van der Waals surface area contributed by atoms with Crippen molar-refractivity contribution in [2.24, 2.45) is 0 Å². The number of hydrogen-bond donors (Lipinski definition) is 4. The Morgan fingerprint density at radius 2 is 2.35 bits per heavy atom. The van der Waals surface area contributed by atoms with E-state index in [0.717, 1.165) is 0 Å². The first kappa shape index (κ1) is 11.6. The minimum atomic E-state index is -0.815. The topological polar surface area (TPSA) is 94.7 Å². The third-order valence-corrected chi connectivity index (χ3v) is 2.35. The highest BCUT2D eigenvalue weighted by molar-refractivity contribution is 5.65. The summed E-state index contributed by atoms with van der Waals surface area (Å²) < 4.78 is 1.83. The standard InChI is InChI=1S/C10H15N5O2/c1-11-8-5-15-3-2-12-10(15)9(14-8)13-4-7(17)6-16/h2-3,5,7,11,16-17H,4,6H2,1H3,(H,13,14). The van der Waals surface area contributed by atoms with E-state index in [0.29, 0.717) is 17.3 Å². The number of aromatic nitrogens is 3. The number of nitrogens with zero attached hydrogens (tertiary/aromatic N) is 3. The minimum Gasteiger partial charge on any atom is -0.394 e. The summed E-state index contributed by atoms with van der Waals surface area (Å²) in [4.78, 5) is 8.46. The lowest BCUT2D eigenvalue weighted by molar-refractivity contribution is 0.105. The maximum atomic E-state index is 9.29. The van der Waals surface area contributed by atoms with Crippen LogP contribution in [0.4, 0.5) is 11.6 Å². The van der Waals surface area contributed by atoms with Crippen LogP contribution in [0.15, 0.2) is 18.6 Å². The molecule has 1 atom stereocenters. The van der Waals surface area contributed by atoms with Crippen molar-refractivity contribution in [2.45, 2.75) is 6.10 Å². The van der Waals surface area contributed by atoms with Crippen molar-refractivity contribution < 1.29 is 10.2 Å². The third kappa shape index (κ3) is 2.45. The molecule has 0 amide bonds. The zero-order valence-corrected chi connectivity index (χ0v) is 9.46. The summed E-state index contributed by atoms with van der Waals surface area (Å²) in [5.41, 5.74) is 0.675. The molecule has 0 saturated heterocycles. The van der Waals surface area contributed by atoms with E-state index in [1.54, 1.807) is 13.2 Å². The second kappa shape index (κ2) is 4.98. The molecule has 0 aliphatic rings. The molecule has 7 heteroatoms. The largest absolute Gasteiger partial charge is 0.394 e. The van der Waals surface area contributed by atoms with Crippen LogP contribution in [-0.4, -0.2) is 50.9 Å². The van der Waals surface area contributed by atoms with Gasteiger partial charge in [-0.2, -0.15) is 0 Å². The normalized spacial score (nSPS) is 12.6. The number of hydrogen-bond acceptors (Lipinski definition) is 6. The van der Waals surface area contributed by atoms with Gasteiger partial charge in [-0.15, -0.1) is 0 Å². The second-order valence-electron chi connectivity index (χ2n) is 3.60. The van der Waals surface area contributed by atoms with Crippen LogP contribution in [0.1, 0.15) is 0 Å². The van der Waals surface area contributed by atoms with Gasteiger partial charge >= 0.3 is 0 Å². The zero-order valence-electron chi connectivity index (χ0n) is 9.46. The van der Waals surface area contributed by atoms with E-state index in [4.69, 9.17) is 5.11 Å². The Labute approximate surface area is 98.1 Å². The first-order valence-corrected chi connectivity index (χ1v) is 5.29. The highest BCUT2D eigenvalue weighted by atomic mass is 16.3. The second-order valence-corrected chi connectivity index (χ2v) is 3.60. The molecule has 1 unspecified atom stereocenters. The average molecular weight is 237 g/mol. The summed E-state index contributed by atoms with van der Waals surface area (Å²) in [7, 11) is 1.78. The third-order valence-electron chi connectivity index (χ3n) is 2.35. The summed E-state index contributed by atoms with van der Waals surface area (Å²) in [5, 5.41) is 23.9. The molecule has 92 valence electrons. The lowest BCUT2D eigenvalue weighted by atomic mass is 10.4. The number of fused-ring (bicyclic) bond motifs is 1. The van der Waals surface area contributed by atoms with Crippen LogP contribution in [0, 0.1) is 0 Å². The number of nitrogens with one attached hydrogen (secondary N) is 2. The molecule has 0 saturated carbocycles. The molecule has 0 bridgehead atoms. The minimum absolute atomic E-state index is 0.221. The van der Waals surface area contributed by atoms with E-state index in [2.05, 4.69) is 20.6 Å². The first-order valence-electron chi connectivity index (χ1n) is 5.29. The zero-order chi connectivity index (χ0) is 12.3. The summed E-state index contributed by atoms with van der Waals surface area (Å²) in [5.74, 6) is 1.26. The van der Waals surface area contributed by atoms with Gasteiger partial charge in [-0.05, 0) is 0 Å². The number of rotatable bonds is 5. The van der Waals surface area contributed by atoms with Gasteiger partial charge in [0.2, 0.25) is 0 Å². The molecule has 0 aromatic carbocycles. The van der Waals surface area contributed by atoms with Crippen molar-refractivity contribution in [3.63, 3.8) is 0 Å². The van der Waals surface area contributed by atoms with Crippen molar-refractivity contribution >= 4 is 17.3 Å². The highest BCUT2D eigenvalue weighted by Gasteiger charge is 2.08. The van der Waals surface area contributed by atoms with Crippen LogP contribution in [0.2, 0.25) is 0 Å². The molecule has 2 rings (SSSR count). The molecule has 2 aromatic rings. The fourth-order valence-corrected chi connectivity index (χ4v) is 1.45. The van der Waals surface area contributed by atoms with E-state index >= 15 is 0 Å². The SMILES string of the molecule is CNc1cn2ccnc2c(NCC(O)CO)n1. The Balaban J connectivity index is 2.27. The highest BCUT2D eigenvalue weighted by Crippen LogP contribution is 2.15. The van der Waals surface area contributed by atoms with E-state index in [1.807, 2.05) is 16.8 Å². The summed E-state index contributed by atoms with van der Waals surface area (Å²) in [6.07, 6.45) is 4.48. The van der Waals surface area contributed by atoms with Crippen LogP contribution < -0.4 is 10.6 Å². The van der Waals surface area contributed by atoms with Gasteiger partial charge in [0.25, 0.3) is 0 Å². The molecular formula is C10H15N5O2. The van der Waals surface area contributed by atoms with Gasteiger partial charge in [-0.25, -0.2) is 9.97 Å². The Kier molecular flexibility index (Phi) is 3.40. The monoisotopic (exact) mass is 237 g/mol. The molecule has 4 N–H and O–H groups in total. The van der Waals surface area contributed by atoms with Gasteiger partial charge < -0.3 is 25.2 Å². The van der Waals surface area contributed by atoms with Crippen molar-refractivity contribution in [2.75, 3.05) is 30.8 Å². The van der Waals surface area contributed by atoms with Crippen molar-refractivity contribution in [3.05, 3.63) is 18.6 Å². The summed E-state index contributed by atoms with van der Waals surface area (Å²) in [6.45, 7) is -0.0668. The van der Waals surface area contributed by atoms with Crippen molar-refractivity contribution in [3.8, 4) is 0 Å². The molecular weight excluding hydrogens is 222 g/mol. The molecule has 2 heterocycles. The van der Waals surface area contributed by atoms with Crippen molar-refractivity contribution in [1.29, 1.82) is 0 Å². The lowest BCUT2D eigenvalue weighted by Crippen LogP contribution is -2.23. The van der Waals surface area contributed by atoms with E-state index in [1.165, 1.54) is 0 Å². The van der Waals surface area contributed by atoms with Crippen LogP contribution in [0.5, 0.6) is 0 Å². The lowest BCUT2D eigenvalue weighted by Gasteiger charge is -2.11. The maximum absolute atomic E-state index is 9.29. The van der Waals surface area contributed by atoms with Crippen LogP contribution in [0.3, 0.4) is 0 Å². The Morgan fingerprint density at radius 1 is 1.53 bits per heavy atom. The molecule has 7 nitrogen and oxygen atoms in total. The predicted molar refractivity (Wildman–Crippen MR) is 64.1 cm³/mol. The van der Waals surface area contributed by atoms with Gasteiger partial charge in [-0.3, -0.25) is 0 Å². The van der Waals surface area contributed by atoms with Crippen molar-refractivity contribution in [1.82, 2.24) is 14.4 Å². The van der Waals surface area contributed by atoms with Crippen LogP contribution in [0.25, 0.3) is 5.65 Å². The molecule has 0 spiro atoms. The predicted octanol–water partition coefficient (Wildman–Crippen LogP) is -0.464. The van der Waals surface area contributed by atoms with Crippen LogP contribution >= 0.6 is 0 Å². The van der Waals surface area contributed by atoms with Gasteiger partial charge in [0.1, 0.15) is 5.82 Å². The fourth-order valence-electron chi connectivity index (χ4n) is 1.45. The van der Waals surface area contributed by atoms with Gasteiger partial charge in [0.15, 0.2) is 11.5 Å². The molecule has 0 aliphatic heterocycles. The molecule has 17 heavy (non-hydrogen) atoms.